The average molecular weight is 287 g/mol. The van der Waals surface area contributed by atoms with Crippen LogP contribution in [-0.4, -0.2) is 14.8 Å². The van der Waals surface area contributed by atoms with E-state index in [-0.39, 0.29) is 5.56 Å². The summed E-state index contributed by atoms with van der Waals surface area (Å²) in [5, 5.41) is 8.66. The summed E-state index contributed by atoms with van der Waals surface area (Å²) in [6.07, 6.45) is 1.70. The Balaban J connectivity index is 2.32. The first kappa shape index (κ1) is 10.3. The maximum absolute atomic E-state index is 11.6. The van der Waals surface area contributed by atoms with Crippen LogP contribution in [0.5, 0.6) is 0 Å². The molecule has 2 aromatic rings. The van der Waals surface area contributed by atoms with Gasteiger partial charge in [0.05, 0.1) is 11.0 Å². The Morgan fingerprint density at radius 1 is 1.53 bits per heavy atom. The Morgan fingerprint density at radius 2 is 2.33 bits per heavy atom. The number of nitrogens with zero attached hydrogens (tertiary/aromatic N) is 3. The van der Waals surface area contributed by atoms with Crippen LogP contribution in [0.25, 0.3) is 0 Å². The number of halogens is 1. The molecule has 0 atom stereocenters. The second-order valence-electron chi connectivity index (χ2n) is 2.82. The van der Waals surface area contributed by atoms with Crippen LogP contribution < -0.4 is 11.3 Å². The quantitative estimate of drug-likeness (QED) is 0.897. The van der Waals surface area contributed by atoms with E-state index in [1.807, 2.05) is 0 Å². The summed E-state index contributed by atoms with van der Waals surface area (Å²) in [6, 6.07) is 3.49. The molecule has 78 valence electrons. The van der Waals surface area contributed by atoms with Gasteiger partial charge in [-0.3, -0.25) is 4.79 Å². The second-order valence-corrected chi connectivity index (χ2v) is 4.77. The van der Waals surface area contributed by atoms with Crippen LogP contribution in [0.1, 0.15) is 5.01 Å². The zero-order valence-electron chi connectivity index (χ0n) is 7.55. The van der Waals surface area contributed by atoms with Crippen LogP contribution in [0, 0.1) is 0 Å². The molecule has 0 unspecified atom stereocenters. The molecule has 2 aromatic heterocycles. The summed E-state index contributed by atoms with van der Waals surface area (Å²) in [6.45, 7) is 0.396. The minimum Gasteiger partial charge on any atom is -0.374 e. The van der Waals surface area contributed by atoms with Crippen molar-refractivity contribution in [2.45, 2.75) is 6.54 Å². The van der Waals surface area contributed by atoms with Gasteiger partial charge in [0.2, 0.25) is 5.13 Å². The van der Waals surface area contributed by atoms with Crippen LogP contribution >= 0.6 is 27.3 Å². The lowest BCUT2D eigenvalue weighted by atomic mass is 10.4. The Labute approximate surface area is 97.7 Å². The van der Waals surface area contributed by atoms with Crippen LogP contribution in [0.3, 0.4) is 0 Å². The lowest BCUT2D eigenvalue weighted by Gasteiger charge is -2.01. The van der Waals surface area contributed by atoms with Crippen molar-refractivity contribution in [1.29, 1.82) is 0 Å². The van der Waals surface area contributed by atoms with Gasteiger partial charge in [0, 0.05) is 6.20 Å². The van der Waals surface area contributed by atoms with E-state index in [9.17, 15) is 4.79 Å². The van der Waals surface area contributed by atoms with Gasteiger partial charge in [-0.15, -0.1) is 10.2 Å². The van der Waals surface area contributed by atoms with Crippen LogP contribution in [-0.2, 0) is 6.54 Å². The lowest BCUT2D eigenvalue weighted by Crippen LogP contribution is -2.20. The fourth-order valence-corrected chi connectivity index (χ4v) is 2.10. The number of pyridine rings is 1. The molecule has 0 radical (unpaired) electrons. The molecule has 0 aromatic carbocycles. The highest BCUT2D eigenvalue weighted by Gasteiger charge is 2.04. The van der Waals surface area contributed by atoms with Gasteiger partial charge in [-0.1, -0.05) is 11.3 Å². The first-order valence-electron chi connectivity index (χ1n) is 4.09. The van der Waals surface area contributed by atoms with Crippen LogP contribution in [0.15, 0.2) is 27.6 Å². The molecular weight excluding hydrogens is 280 g/mol. The highest BCUT2D eigenvalue weighted by molar-refractivity contribution is 9.10. The maximum atomic E-state index is 11.6. The molecule has 2 rings (SSSR count). The van der Waals surface area contributed by atoms with Gasteiger partial charge in [-0.25, -0.2) is 0 Å². The van der Waals surface area contributed by atoms with Crippen molar-refractivity contribution in [3.63, 3.8) is 0 Å². The van der Waals surface area contributed by atoms with Crippen molar-refractivity contribution in [2.75, 3.05) is 5.73 Å². The maximum Gasteiger partial charge on any atom is 0.265 e. The monoisotopic (exact) mass is 286 g/mol. The average Bonchev–Trinajstić information content (AvgIpc) is 2.59. The van der Waals surface area contributed by atoms with Crippen molar-refractivity contribution in [2.24, 2.45) is 0 Å². The van der Waals surface area contributed by atoms with Gasteiger partial charge >= 0.3 is 0 Å². The Hall–Kier alpha value is -1.21. The number of hydrogen-bond donors (Lipinski definition) is 1. The zero-order chi connectivity index (χ0) is 10.8. The van der Waals surface area contributed by atoms with E-state index in [2.05, 4.69) is 26.1 Å². The summed E-state index contributed by atoms with van der Waals surface area (Å²) in [5.41, 5.74) is 5.36. The van der Waals surface area contributed by atoms with E-state index in [1.165, 1.54) is 11.3 Å². The molecule has 0 saturated heterocycles. The van der Waals surface area contributed by atoms with Gasteiger partial charge in [0.25, 0.3) is 5.56 Å². The summed E-state index contributed by atoms with van der Waals surface area (Å²) in [4.78, 5) is 11.6. The molecule has 0 fully saturated rings. The third-order valence-electron chi connectivity index (χ3n) is 1.76. The first-order chi connectivity index (χ1) is 7.16. The first-order valence-corrected chi connectivity index (χ1v) is 5.70. The minimum atomic E-state index is -0.0914. The van der Waals surface area contributed by atoms with E-state index in [1.54, 1.807) is 22.9 Å². The molecule has 15 heavy (non-hydrogen) atoms. The molecule has 0 aliphatic carbocycles. The smallest absolute Gasteiger partial charge is 0.265 e. The fraction of sp³-hybridized carbons (Fsp3) is 0.125. The van der Waals surface area contributed by atoms with Gasteiger partial charge in [0.15, 0.2) is 0 Å². The number of rotatable bonds is 2. The Bertz CT molecular complexity index is 535. The number of hydrogen-bond acceptors (Lipinski definition) is 5. The number of nitrogens with two attached hydrogens (primary N) is 1. The predicted molar refractivity (Wildman–Crippen MR) is 61.8 cm³/mol. The standard InChI is InChI=1S/C8H7BrN4OS/c9-5-2-1-3-13(7(5)14)4-6-11-12-8(10)15-6/h1-3H,4H2,(H2,10,12). The summed E-state index contributed by atoms with van der Waals surface area (Å²) >= 11 is 4.45. The van der Waals surface area contributed by atoms with E-state index >= 15 is 0 Å². The van der Waals surface area contributed by atoms with Crippen molar-refractivity contribution >= 4 is 32.4 Å². The molecule has 0 aliphatic heterocycles. The molecule has 0 aliphatic rings. The number of aromatic nitrogens is 3. The molecule has 0 spiro atoms. The van der Waals surface area contributed by atoms with E-state index in [0.29, 0.717) is 21.2 Å². The zero-order valence-corrected chi connectivity index (χ0v) is 9.96. The SMILES string of the molecule is Nc1nnc(Cn2cccc(Br)c2=O)s1. The molecule has 7 heteroatoms. The summed E-state index contributed by atoms with van der Waals surface area (Å²) in [7, 11) is 0. The van der Waals surface area contributed by atoms with Gasteiger partial charge in [0.1, 0.15) is 5.01 Å². The predicted octanol–water partition coefficient (Wildman–Crippen LogP) is 1.09. The molecule has 0 bridgehead atoms. The third-order valence-corrected chi connectivity index (χ3v) is 3.10. The number of anilines is 1. The highest BCUT2D eigenvalue weighted by atomic mass is 79.9. The van der Waals surface area contributed by atoms with Gasteiger partial charge in [-0.05, 0) is 28.1 Å². The second kappa shape index (κ2) is 4.11. The molecule has 0 amide bonds. The summed E-state index contributed by atoms with van der Waals surface area (Å²) in [5.74, 6) is 0. The Morgan fingerprint density at radius 3 is 3.00 bits per heavy atom. The third kappa shape index (κ3) is 2.24. The minimum absolute atomic E-state index is 0.0914. The van der Waals surface area contributed by atoms with E-state index in [0.717, 1.165) is 0 Å². The van der Waals surface area contributed by atoms with Crippen molar-refractivity contribution in [3.05, 3.63) is 38.2 Å². The van der Waals surface area contributed by atoms with Gasteiger partial charge in [-0.2, -0.15) is 0 Å². The van der Waals surface area contributed by atoms with E-state index < -0.39 is 0 Å². The van der Waals surface area contributed by atoms with Crippen molar-refractivity contribution in [3.8, 4) is 0 Å². The topological polar surface area (TPSA) is 73.8 Å². The normalized spacial score (nSPS) is 10.5. The molecular formula is C8H7BrN4OS. The molecule has 0 saturated carbocycles. The fourth-order valence-electron chi connectivity index (χ4n) is 1.11. The van der Waals surface area contributed by atoms with Gasteiger partial charge < -0.3 is 10.3 Å². The van der Waals surface area contributed by atoms with Crippen molar-refractivity contribution < 1.29 is 0 Å². The highest BCUT2D eigenvalue weighted by Crippen LogP contribution is 2.12. The summed E-state index contributed by atoms with van der Waals surface area (Å²) < 4.78 is 2.08. The Kier molecular flexibility index (Phi) is 2.83. The van der Waals surface area contributed by atoms with E-state index in [4.69, 9.17) is 5.73 Å². The lowest BCUT2D eigenvalue weighted by molar-refractivity contribution is 0.740. The van der Waals surface area contributed by atoms with Crippen LogP contribution in [0.2, 0.25) is 0 Å². The number of nitrogen functional groups attached to an aromatic ring is 1. The molecule has 2 N–H and O–H groups in total. The largest absolute Gasteiger partial charge is 0.374 e. The van der Waals surface area contributed by atoms with Crippen LogP contribution in [0.4, 0.5) is 5.13 Å². The molecule has 2 heterocycles. The molecule has 5 nitrogen and oxygen atoms in total. The van der Waals surface area contributed by atoms with Crippen molar-refractivity contribution in [1.82, 2.24) is 14.8 Å².